The highest BCUT2D eigenvalue weighted by Crippen LogP contribution is 2.32. The Balaban J connectivity index is 1.93. The molecule has 1 fully saturated rings. The third-order valence-electron chi connectivity index (χ3n) is 4.08. The summed E-state index contributed by atoms with van der Waals surface area (Å²) in [5.74, 6) is -0.653. The average molecular weight is 412 g/mol. The average Bonchev–Trinajstić information content (AvgIpc) is 2.90. The highest BCUT2D eigenvalue weighted by molar-refractivity contribution is 8.18. The minimum Gasteiger partial charge on any atom is -0.435 e. The van der Waals surface area contributed by atoms with E-state index in [-0.39, 0.29) is 35.6 Å². The van der Waals surface area contributed by atoms with Gasteiger partial charge in [-0.2, -0.15) is 8.78 Å². The number of hydrogen-bond acceptors (Lipinski definition) is 5. The van der Waals surface area contributed by atoms with Crippen LogP contribution in [0.1, 0.15) is 32.3 Å². The molecule has 1 aliphatic heterocycles. The number of ether oxygens (including phenoxy) is 1. The number of rotatable bonds is 9. The lowest BCUT2D eigenvalue weighted by Crippen LogP contribution is -2.38. The Kier molecular flexibility index (Phi) is 7.98. The number of hydrogen-bond donors (Lipinski definition) is 1. The second-order valence-electron chi connectivity index (χ2n) is 6.26. The van der Waals surface area contributed by atoms with Gasteiger partial charge in [0.15, 0.2) is 0 Å². The Bertz CT molecular complexity index is 753. The summed E-state index contributed by atoms with van der Waals surface area (Å²) in [5.41, 5.74) is 0.578. The van der Waals surface area contributed by atoms with Gasteiger partial charge in [0.25, 0.3) is 11.1 Å². The zero-order valence-electron chi connectivity index (χ0n) is 15.6. The maximum absolute atomic E-state index is 12.4. The number of thioether (sulfide) groups is 1. The first kappa shape index (κ1) is 21.9. The quantitative estimate of drug-likeness (QED) is 0.623. The van der Waals surface area contributed by atoms with Gasteiger partial charge in [-0.3, -0.25) is 19.3 Å². The molecular weight excluding hydrogens is 390 g/mol. The summed E-state index contributed by atoms with van der Waals surface area (Å²) in [6.45, 7) is 1.20. The molecule has 1 aromatic carbocycles. The summed E-state index contributed by atoms with van der Waals surface area (Å²) < 4.78 is 28.6. The van der Waals surface area contributed by atoms with Gasteiger partial charge in [0.05, 0.1) is 4.91 Å². The van der Waals surface area contributed by atoms with Crippen molar-refractivity contribution < 1.29 is 27.9 Å². The number of benzene rings is 1. The molecule has 28 heavy (non-hydrogen) atoms. The fraction of sp³-hybridized carbons (Fsp3) is 0.421. The number of nitrogens with zero attached hydrogens (tertiary/aromatic N) is 1. The fourth-order valence-corrected chi connectivity index (χ4v) is 3.48. The molecule has 0 radical (unpaired) electrons. The normalized spacial score (nSPS) is 16.8. The van der Waals surface area contributed by atoms with Crippen molar-refractivity contribution in [3.05, 3.63) is 34.7 Å². The van der Waals surface area contributed by atoms with Crippen LogP contribution in [-0.4, -0.2) is 41.7 Å². The third-order valence-corrected chi connectivity index (χ3v) is 4.99. The molecule has 2 rings (SSSR count). The molecule has 6 nitrogen and oxygen atoms in total. The molecule has 1 aliphatic rings. The first-order chi connectivity index (χ1) is 13.3. The number of carbonyl (C=O) groups excluding carboxylic acids is 3. The van der Waals surface area contributed by atoms with Crippen LogP contribution in [0.5, 0.6) is 5.75 Å². The highest BCUT2D eigenvalue weighted by Gasteiger charge is 2.34. The van der Waals surface area contributed by atoms with Crippen molar-refractivity contribution in [2.24, 2.45) is 5.92 Å². The van der Waals surface area contributed by atoms with Gasteiger partial charge in [-0.1, -0.05) is 32.4 Å². The molecule has 9 heteroatoms. The zero-order chi connectivity index (χ0) is 20.7. The molecule has 1 N–H and O–H groups in total. The van der Waals surface area contributed by atoms with E-state index in [1.54, 1.807) is 0 Å². The van der Waals surface area contributed by atoms with E-state index in [0.29, 0.717) is 5.56 Å². The number of carbonyl (C=O) groups is 3. The van der Waals surface area contributed by atoms with Gasteiger partial charge >= 0.3 is 6.61 Å². The third kappa shape index (κ3) is 6.05. The summed E-state index contributed by atoms with van der Waals surface area (Å²) in [5, 5.41) is 2.32. The van der Waals surface area contributed by atoms with Crippen molar-refractivity contribution >= 4 is 34.9 Å². The highest BCUT2D eigenvalue weighted by atomic mass is 32.2. The van der Waals surface area contributed by atoms with Crippen LogP contribution in [0.15, 0.2) is 29.2 Å². The van der Waals surface area contributed by atoms with Gasteiger partial charge in [0, 0.05) is 19.0 Å². The van der Waals surface area contributed by atoms with Gasteiger partial charge in [-0.05, 0) is 42.0 Å². The Morgan fingerprint density at radius 1 is 1.29 bits per heavy atom. The van der Waals surface area contributed by atoms with Gasteiger partial charge in [-0.25, -0.2) is 0 Å². The van der Waals surface area contributed by atoms with E-state index in [1.165, 1.54) is 30.3 Å². The molecule has 0 bridgehead atoms. The molecule has 0 saturated carbocycles. The van der Waals surface area contributed by atoms with E-state index in [4.69, 9.17) is 0 Å². The number of imide groups is 1. The van der Waals surface area contributed by atoms with Crippen LogP contribution in [0.3, 0.4) is 0 Å². The van der Waals surface area contributed by atoms with Crippen LogP contribution < -0.4 is 10.1 Å². The zero-order valence-corrected chi connectivity index (χ0v) is 16.4. The number of alkyl halides is 2. The standard InChI is InChI=1S/C19H22F2N2O4S/c1-3-4-12(2)16(24)22-9-10-23-17(25)15(28-19(23)26)11-13-5-7-14(8-6-13)27-18(20)21/h5-8,11-12,18H,3-4,9-10H2,1-2H3,(H,22,24). The minimum absolute atomic E-state index is 0.00768. The van der Waals surface area contributed by atoms with Crippen molar-refractivity contribution in [2.75, 3.05) is 13.1 Å². The largest absolute Gasteiger partial charge is 0.435 e. The Hall–Kier alpha value is -2.42. The SMILES string of the molecule is CCCC(C)C(=O)NCCN1C(=O)SC(=Cc2ccc(OC(F)F)cc2)C1=O. The van der Waals surface area contributed by atoms with Crippen LogP contribution in [0.4, 0.5) is 13.6 Å². The van der Waals surface area contributed by atoms with Crippen LogP contribution in [0.2, 0.25) is 0 Å². The van der Waals surface area contributed by atoms with E-state index < -0.39 is 17.8 Å². The summed E-state index contributed by atoms with van der Waals surface area (Å²) in [6.07, 6.45) is 3.19. The molecule has 3 amide bonds. The van der Waals surface area contributed by atoms with Crippen molar-refractivity contribution in [1.29, 1.82) is 0 Å². The molecule has 1 atom stereocenters. The molecule has 0 aromatic heterocycles. The van der Waals surface area contributed by atoms with E-state index in [1.807, 2.05) is 13.8 Å². The van der Waals surface area contributed by atoms with E-state index >= 15 is 0 Å². The predicted octanol–water partition coefficient (Wildman–Crippen LogP) is 3.88. The maximum atomic E-state index is 12.4. The number of nitrogens with one attached hydrogen (secondary N) is 1. The van der Waals surface area contributed by atoms with E-state index in [0.717, 1.165) is 29.5 Å². The van der Waals surface area contributed by atoms with Gasteiger partial charge in [0.1, 0.15) is 5.75 Å². The Labute approximate surface area is 166 Å². The van der Waals surface area contributed by atoms with Gasteiger partial charge < -0.3 is 10.1 Å². The van der Waals surface area contributed by atoms with E-state index in [2.05, 4.69) is 10.1 Å². The van der Waals surface area contributed by atoms with Crippen molar-refractivity contribution in [1.82, 2.24) is 10.2 Å². The van der Waals surface area contributed by atoms with Crippen LogP contribution in [0.25, 0.3) is 6.08 Å². The number of amides is 3. The molecule has 1 saturated heterocycles. The Morgan fingerprint density at radius 2 is 1.96 bits per heavy atom. The minimum atomic E-state index is -2.91. The second kappa shape index (κ2) is 10.2. The summed E-state index contributed by atoms with van der Waals surface area (Å²) in [7, 11) is 0. The molecule has 1 heterocycles. The monoisotopic (exact) mass is 412 g/mol. The summed E-state index contributed by atoms with van der Waals surface area (Å²) in [4.78, 5) is 37.7. The van der Waals surface area contributed by atoms with Crippen molar-refractivity contribution in [3.63, 3.8) is 0 Å². The smallest absolute Gasteiger partial charge is 0.387 e. The summed E-state index contributed by atoms with van der Waals surface area (Å²) >= 11 is 0.799. The Morgan fingerprint density at radius 3 is 2.57 bits per heavy atom. The van der Waals surface area contributed by atoms with Gasteiger partial charge in [0.2, 0.25) is 5.91 Å². The summed E-state index contributed by atoms with van der Waals surface area (Å²) in [6, 6.07) is 5.74. The van der Waals surface area contributed by atoms with Crippen LogP contribution >= 0.6 is 11.8 Å². The maximum Gasteiger partial charge on any atom is 0.387 e. The van der Waals surface area contributed by atoms with Gasteiger partial charge in [-0.15, -0.1) is 0 Å². The first-order valence-electron chi connectivity index (χ1n) is 8.89. The predicted molar refractivity (Wildman–Crippen MR) is 103 cm³/mol. The molecular formula is C19H22F2N2O4S. The molecule has 0 aliphatic carbocycles. The second-order valence-corrected chi connectivity index (χ2v) is 7.25. The van der Waals surface area contributed by atoms with E-state index in [9.17, 15) is 23.2 Å². The molecule has 1 aromatic rings. The lowest BCUT2D eigenvalue weighted by atomic mass is 10.1. The van der Waals surface area contributed by atoms with Crippen LogP contribution in [0, 0.1) is 5.92 Å². The lowest BCUT2D eigenvalue weighted by Gasteiger charge is -2.15. The molecule has 0 spiro atoms. The molecule has 1 unspecified atom stereocenters. The van der Waals surface area contributed by atoms with Crippen molar-refractivity contribution in [3.8, 4) is 5.75 Å². The topological polar surface area (TPSA) is 75.7 Å². The molecule has 152 valence electrons. The van der Waals surface area contributed by atoms with Crippen LogP contribution in [-0.2, 0) is 9.59 Å². The lowest BCUT2D eigenvalue weighted by molar-refractivity contribution is -0.126. The van der Waals surface area contributed by atoms with Crippen molar-refractivity contribution in [2.45, 2.75) is 33.3 Å². The number of halogens is 2. The fourth-order valence-electron chi connectivity index (χ4n) is 2.62. The first-order valence-corrected chi connectivity index (χ1v) is 9.71.